The lowest BCUT2D eigenvalue weighted by Crippen LogP contribution is -2.57. The maximum Gasteiger partial charge on any atom is 0.410 e. The van der Waals surface area contributed by atoms with Gasteiger partial charge in [-0.05, 0) is 40.0 Å². The predicted octanol–water partition coefficient (Wildman–Crippen LogP) is 2.02. The number of carbonyl (C=O) groups excluding carboxylic acids is 2. The molecule has 126 valence electrons. The van der Waals surface area contributed by atoms with Crippen LogP contribution in [0.4, 0.5) is 4.79 Å². The number of hydrogen-bond acceptors (Lipinski definition) is 5. The molecule has 0 aliphatic carbocycles. The van der Waals surface area contributed by atoms with Crippen LogP contribution in [0.2, 0.25) is 0 Å². The minimum absolute atomic E-state index is 0.178. The third kappa shape index (κ3) is 3.91. The van der Waals surface area contributed by atoms with Crippen LogP contribution in [0.1, 0.15) is 47.0 Å². The van der Waals surface area contributed by atoms with Crippen molar-refractivity contribution in [3.05, 3.63) is 0 Å². The summed E-state index contributed by atoms with van der Waals surface area (Å²) in [4.78, 5) is 28.0. The van der Waals surface area contributed by atoms with Gasteiger partial charge in [-0.3, -0.25) is 9.69 Å². The Bertz CT molecular complexity index is 410. The van der Waals surface area contributed by atoms with Crippen LogP contribution >= 0.6 is 0 Å². The second-order valence-corrected chi connectivity index (χ2v) is 6.75. The summed E-state index contributed by atoms with van der Waals surface area (Å²) < 4.78 is 10.6. The molecular weight excluding hydrogens is 284 g/mol. The molecule has 0 aromatic rings. The van der Waals surface area contributed by atoms with Gasteiger partial charge >= 0.3 is 12.1 Å². The van der Waals surface area contributed by atoms with Crippen molar-refractivity contribution in [2.24, 2.45) is 0 Å². The van der Waals surface area contributed by atoms with Gasteiger partial charge in [-0.2, -0.15) is 0 Å². The maximum atomic E-state index is 12.3. The Morgan fingerprint density at radius 3 is 2.23 bits per heavy atom. The van der Waals surface area contributed by atoms with E-state index in [0.717, 1.165) is 19.3 Å². The van der Waals surface area contributed by atoms with Crippen LogP contribution in [0, 0.1) is 0 Å². The van der Waals surface area contributed by atoms with E-state index in [1.807, 2.05) is 27.7 Å². The van der Waals surface area contributed by atoms with Gasteiger partial charge in [0, 0.05) is 25.2 Å². The van der Waals surface area contributed by atoms with Gasteiger partial charge in [-0.1, -0.05) is 6.92 Å². The van der Waals surface area contributed by atoms with E-state index in [2.05, 4.69) is 4.90 Å². The third-order valence-corrected chi connectivity index (χ3v) is 4.72. The fourth-order valence-corrected chi connectivity index (χ4v) is 3.13. The zero-order valence-corrected chi connectivity index (χ0v) is 14.1. The summed E-state index contributed by atoms with van der Waals surface area (Å²) in [5.41, 5.74) is -0.432. The molecule has 0 N–H and O–H groups in total. The lowest BCUT2D eigenvalue weighted by molar-refractivity contribution is -0.145. The van der Waals surface area contributed by atoms with Gasteiger partial charge in [0.25, 0.3) is 0 Å². The molecule has 0 aromatic carbocycles. The normalized spacial score (nSPS) is 25.2. The summed E-state index contributed by atoms with van der Waals surface area (Å²) in [6, 6.07) is 0.473. The van der Waals surface area contributed by atoms with Crippen LogP contribution in [-0.2, 0) is 14.3 Å². The fourth-order valence-electron chi connectivity index (χ4n) is 3.13. The number of amides is 1. The van der Waals surface area contributed by atoms with E-state index in [1.54, 1.807) is 4.90 Å². The van der Waals surface area contributed by atoms with Crippen molar-refractivity contribution < 1.29 is 19.1 Å². The second-order valence-electron chi connectivity index (χ2n) is 6.75. The smallest absolute Gasteiger partial charge is 0.410 e. The number of carbonyl (C=O) groups is 2. The number of fused-ring (bicyclic) bond motifs is 2. The van der Waals surface area contributed by atoms with Gasteiger partial charge in [0.2, 0.25) is 0 Å². The highest BCUT2D eigenvalue weighted by molar-refractivity contribution is 5.72. The van der Waals surface area contributed by atoms with E-state index in [-0.39, 0.29) is 24.1 Å². The molecule has 6 nitrogen and oxygen atoms in total. The SMILES string of the molecule is CCOC(=O)CN1C2CCC1CN(C(=O)OC(C)(C)CC)C2. The molecule has 2 rings (SSSR count). The maximum absolute atomic E-state index is 12.3. The monoisotopic (exact) mass is 312 g/mol. The van der Waals surface area contributed by atoms with E-state index in [9.17, 15) is 9.59 Å². The van der Waals surface area contributed by atoms with Crippen LogP contribution in [0.3, 0.4) is 0 Å². The number of likely N-dealkylation sites (tertiary alicyclic amines) is 1. The number of piperazine rings is 1. The number of hydrogen-bond donors (Lipinski definition) is 0. The number of nitrogens with zero attached hydrogens (tertiary/aromatic N) is 2. The second kappa shape index (κ2) is 6.86. The molecule has 2 aliphatic rings. The summed E-state index contributed by atoms with van der Waals surface area (Å²) in [6.45, 7) is 9.68. The Balaban J connectivity index is 1.92. The summed E-state index contributed by atoms with van der Waals surface area (Å²) in [7, 11) is 0. The quantitative estimate of drug-likeness (QED) is 0.727. The minimum Gasteiger partial charge on any atom is -0.465 e. The summed E-state index contributed by atoms with van der Waals surface area (Å²) in [5.74, 6) is -0.178. The lowest BCUT2D eigenvalue weighted by Gasteiger charge is -2.40. The molecule has 22 heavy (non-hydrogen) atoms. The average molecular weight is 312 g/mol. The molecule has 0 radical (unpaired) electrons. The number of ether oxygens (including phenoxy) is 2. The molecule has 2 unspecified atom stereocenters. The number of esters is 1. The molecule has 2 saturated heterocycles. The highest BCUT2D eigenvalue weighted by Crippen LogP contribution is 2.30. The molecule has 2 fully saturated rings. The third-order valence-electron chi connectivity index (χ3n) is 4.72. The first kappa shape index (κ1) is 17.1. The van der Waals surface area contributed by atoms with Gasteiger partial charge in [0.15, 0.2) is 0 Å². The minimum atomic E-state index is -0.432. The molecule has 2 bridgehead atoms. The largest absolute Gasteiger partial charge is 0.465 e. The molecular formula is C16H28N2O4. The van der Waals surface area contributed by atoms with Crippen LogP contribution in [0.5, 0.6) is 0 Å². The van der Waals surface area contributed by atoms with E-state index < -0.39 is 5.60 Å². The van der Waals surface area contributed by atoms with Crippen LogP contribution in [0.15, 0.2) is 0 Å². The first-order valence-electron chi connectivity index (χ1n) is 8.25. The molecule has 0 saturated carbocycles. The molecule has 1 amide bonds. The van der Waals surface area contributed by atoms with Crippen molar-refractivity contribution in [3.8, 4) is 0 Å². The Kier molecular flexibility index (Phi) is 5.32. The molecule has 6 heteroatoms. The molecule has 2 aliphatic heterocycles. The number of rotatable bonds is 5. The molecule has 2 heterocycles. The molecule has 2 atom stereocenters. The van der Waals surface area contributed by atoms with Crippen LogP contribution in [-0.4, -0.2) is 65.8 Å². The summed E-state index contributed by atoms with van der Waals surface area (Å²) in [6.07, 6.45) is 2.59. The first-order valence-corrected chi connectivity index (χ1v) is 8.25. The van der Waals surface area contributed by atoms with Gasteiger partial charge in [0.1, 0.15) is 5.60 Å². The van der Waals surface area contributed by atoms with Crippen molar-refractivity contribution in [2.75, 3.05) is 26.2 Å². The molecule has 0 spiro atoms. The Morgan fingerprint density at radius 2 is 1.73 bits per heavy atom. The Morgan fingerprint density at radius 1 is 1.14 bits per heavy atom. The topological polar surface area (TPSA) is 59.1 Å². The summed E-state index contributed by atoms with van der Waals surface area (Å²) in [5, 5.41) is 0. The van der Waals surface area contributed by atoms with E-state index in [4.69, 9.17) is 9.47 Å². The average Bonchev–Trinajstić information content (AvgIpc) is 2.69. The Labute approximate surface area is 132 Å². The highest BCUT2D eigenvalue weighted by Gasteiger charge is 2.43. The highest BCUT2D eigenvalue weighted by atomic mass is 16.6. The zero-order chi connectivity index (χ0) is 16.3. The van der Waals surface area contributed by atoms with Gasteiger partial charge in [-0.25, -0.2) is 4.79 Å². The van der Waals surface area contributed by atoms with Crippen LogP contribution in [0.25, 0.3) is 0 Å². The van der Waals surface area contributed by atoms with E-state index in [1.165, 1.54) is 0 Å². The van der Waals surface area contributed by atoms with Crippen molar-refractivity contribution in [3.63, 3.8) is 0 Å². The molecule has 0 aromatic heterocycles. The Hall–Kier alpha value is -1.30. The standard InChI is InChI=1S/C16H28N2O4/c1-5-16(3,4)22-15(20)17-9-12-7-8-13(10-17)18(12)11-14(19)21-6-2/h12-13H,5-11H2,1-4H3. The van der Waals surface area contributed by atoms with Crippen LogP contribution < -0.4 is 0 Å². The predicted molar refractivity (Wildman–Crippen MR) is 82.6 cm³/mol. The van der Waals surface area contributed by atoms with Gasteiger partial charge in [0.05, 0.1) is 13.2 Å². The van der Waals surface area contributed by atoms with Gasteiger partial charge in [-0.15, -0.1) is 0 Å². The van der Waals surface area contributed by atoms with Crippen molar-refractivity contribution in [1.29, 1.82) is 0 Å². The van der Waals surface area contributed by atoms with E-state index in [0.29, 0.717) is 26.2 Å². The zero-order valence-electron chi connectivity index (χ0n) is 14.1. The summed E-state index contributed by atoms with van der Waals surface area (Å²) >= 11 is 0. The first-order chi connectivity index (χ1) is 10.4. The fraction of sp³-hybridized carbons (Fsp3) is 0.875. The lowest BCUT2D eigenvalue weighted by atomic mass is 10.1. The van der Waals surface area contributed by atoms with Crippen molar-refractivity contribution >= 4 is 12.1 Å². The van der Waals surface area contributed by atoms with Crippen molar-refractivity contribution in [1.82, 2.24) is 9.80 Å². The van der Waals surface area contributed by atoms with Crippen molar-refractivity contribution in [2.45, 2.75) is 64.6 Å². The van der Waals surface area contributed by atoms with E-state index >= 15 is 0 Å². The van der Waals surface area contributed by atoms with Gasteiger partial charge < -0.3 is 14.4 Å².